The van der Waals surface area contributed by atoms with Gasteiger partial charge in [0.05, 0.1) is 12.2 Å². The molecule has 2 aromatic heterocycles. The van der Waals surface area contributed by atoms with E-state index in [1.165, 1.54) is 0 Å². The third-order valence-corrected chi connectivity index (χ3v) is 4.15. The minimum Gasteiger partial charge on any atom is -0.444 e. The molecule has 3 aromatic rings. The second-order valence-electron chi connectivity index (χ2n) is 5.93. The molecule has 4 rings (SSSR count). The number of fused-ring (bicyclic) bond motifs is 1. The molecule has 2 N–H and O–H groups in total. The van der Waals surface area contributed by atoms with Gasteiger partial charge in [0.2, 0.25) is 5.89 Å². The topological polar surface area (TPSA) is 85.0 Å². The maximum atomic E-state index is 12.3. The highest BCUT2D eigenvalue weighted by Crippen LogP contribution is 2.17. The number of imidazole rings is 1. The number of rotatable bonds is 4. The maximum absolute atomic E-state index is 12.3. The summed E-state index contributed by atoms with van der Waals surface area (Å²) in [4.78, 5) is 21.2. The third kappa shape index (κ3) is 3.46. The van der Waals surface area contributed by atoms with E-state index in [9.17, 15) is 4.79 Å². The number of nitrogens with one attached hydrogen (secondary N) is 2. The van der Waals surface area contributed by atoms with Crippen molar-refractivity contribution < 1.29 is 9.21 Å². The van der Waals surface area contributed by atoms with Crippen LogP contribution in [0.25, 0.3) is 11.5 Å². The lowest BCUT2D eigenvalue weighted by molar-refractivity contribution is 0.0945. The number of carbonyl (C=O) groups is 1. The van der Waals surface area contributed by atoms with Crippen molar-refractivity contribution in [3.63, 3.8) is 0 Å². The highest BCUT2D eigenvalue weighted by atomic mass is 16.3. The van der Waals surface area contributed by atoms with Crippen LogP contribution in [0.15, 0.2) is 47.2 Å². The maximum Gasteiger partial charge on any atom is 0.271 e. The Bertz CT molecular complexity index is 845. The van der Waals surface area contributed by atoms with Gasteiger partial charge in [-0.25, -0.2) is 9.97 Å². The highest BCUT2D eigenvalue weighted by molar-refractivity contribution is 5.92. The van der Waals surface area contributed by atoms with Gasteiger partial charge in [-0.2, -0.15) is 0 Å². The lowest BCUT2D eigenvalue weighted by Crippen LogP contribution is -2.23. The summed E-state index contributed by atoms with van der Waals surface area (Å²) < 4.78 is 7.52. The summed E-state index contributed by atoms with van der Waals surface area (Å²) in [6.45, 7) is 2.92. The van der Waals surface area contributed by atoms with Crippen molar-refractivity contribution in [2.45, 2.75) is 19.5 Å². The van der Waals surface area contributed by atoms with E-state index in [-0.39, 0.29) is 5.91 Å². The molecule has 0 unspecified atom stereocenters. The molecular weight excluding hydrogens is 318 g/mol. The van der Waals surface area contributed by atoms with Gasteiger partial charge in [0.25, 0.3) is 5.91 Å². The van der Waals surface area contributed by atoms with E-state index in [0.29, 0.717) is 23.8 Å². The predicted octanol–water partition coefficient (Wildman–Crippen LogP) is 1.61. The largest absolute Gasteiger partial charge is 0.444 e. The zero-order valence-electron chi connectivity index (χ0n) is 13.7. The Hall–Kier alpha value is -2.93. The molecule has 0 saturated heterocycles. The van der Waals surface area contributed by atoms with E-state index in [0.717, 1.165) is 37.4 Å². The lowest BCUT2D eigenvalue weighted by atomic mass is 10.2. The van der Waals surface area contributed by atoms with E-state index in [4.69, 9.17) is 4.42 Å². The van der Waals surface area contributed by atoms with Crippen LogP contribution in [0.4, 0.5) is 0 Å². The quantitative estimate of drug-likeness (QED) is 0.756. The van der Waals surface area contributed by atoms with Crippen molar-refractivity contribution in [1.82, 2.24) is 25.2 Å². The molecule has 0 bridgehead atoms. The van der Waals surface area contributed by atoms with E-state index >= 15 is 0 Å². The monoisotopic (exact) mass is 337 g/mol. The number of benzene rings is 1. The number of carbonyl (C=O) groups excluding carboxylic acids is 1. The Balaban J connectivity index is 1.40. The molecule has 0 spiro atoms. The average Bonchev–Trinajstić information content (AvgIpc) is 3.23. The molecule has 0 fully saturated rings. The van der Waals surface area contributed by atoms with Gasteiger partial charge in [-0.3, -0.25) is 4.79 Å². The molecule has 0 aliphatic carbocycles. The summed E-state index contributed by atoms with van der Waals surface area (Å²) in [7, 11) is 0. The molecule has 128 valence electrons. The smallest absolute Gasteiger partial charge is 0.271 e. The van der Waals surface area contributed by atoms with Crippen molar-refractivity contribution in [3.05, 3.63) is 60.0 Å². The van der Waals surface area contributed by atoms with Crippen LogP contribution in [-0.4, -0.2) is 33.5 Å². The Morgan fingerprint density at radius 3 is 3.00 bits per heavy atom. The molecule has 7 heteroatoms. The SMILES string of the molecule is O=C(NCc1coc(-c2ccccc2)n1)c1cn2c(n1)CCNCC2. The molecule has 7 nitrogen and oxygen atoms in total. The number of nitrogens with zero attached hydrogens (tertiary/aromatic N) is 3. The Morgan fingerprint density at radius 2 is 2.12 bits per heavy atom. The van der Waals surface area contributed by atoms with Gasteiger partial charge >= 0.3 is 0 Å². The number of hydrogen-bond donors (Lipinski definition) is 2. The van der Waals surface area contributed by atoms with Gasteiger partial charge in [0.15, 0.2) is 0 Å². The number of aromatic nitrogens is 3. The van der Waals surface area contributed by atoms with Crippen LogP contribution in [0.1, 0.15) is 22.0 Å². The zero-order chi connectivity index (χ0) is 17.1. The van der Waals surface area contributed by atoms with E-state index < -0.39 is 0 Å². The predicted molar refractivity (Wildman–Crippen MR) is 91.9 cm³/mol. The number of amides is 1. The summed E-state index contributed by atoms with van der Waals surface area (Å²) in [5.41, 5.74) is 2.03. The summed E-state index contributed by atoms with van der Waals surface area (Å²) in [6.07, 6.45) is 4.21. The fourth-order valence-electron chi connectivity index (χ4n) is 2.84. The normalized spacial score (nSPS) is 13.9. The van der Waals surface area contributed by atoms with Crippen LogP contribution in [0.2, 0.25) is 0 Å². The van der Waals surface area contributed by atoms with Gasteiger partial charge in [0, 0.05) is 37.8 Å². The first-order valence-corrected chi connectivity index (χ1v) is 8.34. The van der Waals surface area contributed by atoms with E-state index in [1.807, 2.05) is 41.1 Å². The Kier molecular flexibility index (Phi) is 4.30. The first-order chi connectivity index (χ1) is 12.3. The van der Waals surface area contributed by atoms with Gasteiger partial charge in [-0.15, -0.1) is 0 Å². The molecule has 3 heterocycles. The van der Waals surface area contributed by atoms with E-state index in [1.54, 1.807) is 6.26 Å². The van der Waals surface area contributed by atoms with Gasteiger partial charge < -0.3 is 19.6 Å². The van der Waals surface area contributed by atoms with Crippen molar-refractivity contribution in [3.8, 4) is 11.5 Å². The minimum atomic E-state index is -0.196. The summed E-state index contributed by atoms with van der Waals surface area (Å²) in [5, 5.41) is 6.16. The standard InChI is InChI=1S/C18H19N5O2/c24-17(15-11-23-9-8-19-7-6-16(23)22-15)20-10-14-12-25-18(21-14)13-4-2-1-3-5-13/h1-5,11-12,19H,6-10H2,(H,20,24). The van der Waals surface area contributed by atoms with Crippen LogP contribution in [0, 0.1) is 0 Å². The second kappa shape index (κ2) is 6.90. The molecule has 1 amide bonds. The van der Waals surface area contributed by atoms with Gasteiger partial charge in [-0.05, 0) is 12.1 Å². The lowest BCUT2D eigenvalue weighted by Gasteiger charge is -2.00. The molecule has 1 aliphatic rings. The summed E-state index contributed by atoms with van der Waals surface area (Å²) in [5.74, 6) is 1.30. The zero-order valence-corrected chi connectivity index (χ0v) is 13.7. The fraction of sp³-hybridized carbons (Fsp3) is 0.278. The van der Waals surface area contributed by atoms with Crippen molar-refractivity contribution in [2.75, 3.05) is 13.1 Å². The first-order valence-electron chi connectivity index (χ1n) is 8.34. The van der Waals surface area contributed by atoms with Crippen LogP contribution in [-0.2, 0) is 19.5 Å². The van der Waals surface area contributed by atoms with Crippen molar-refractivity contribution in [1.29, 1.82) is 0 Å². The van der Waals surface area contributed by atoms with Crippen molar-refractivity contribution in [2.24, 2.45) is 0 Å². The van der Waals surface area contributed by atoms with Crippen molar-refractivity contribution >= 4 is 5.91 Å². The first kappa shape index (κ1) is 15.6. The van der Waals surface area contributed by atoms with Gasteiger partial charge in [-0.1, -0.05) is 18.2 Å². The summed E-state index contributed by atoms with van der Waals surface area (Å²) >= 11 is 0. The van der Waals surface area contributed by atoms with Gasteiger partial charge in [0.1, 0.15) is 17.8 Å². The minimum absolute atomic E-state index is 0.196. The molecular formula is C18H19N5O2. The summed E-state index contributed by atoms with van der Waals surface area (Å²) in [6, 6.07) is 9.66. The second-order valence-corrected chi connectivity index (χ2v) is 5.93. The Morgan fingerprint density at radius 1 is 1.24 bits per heavy atom. The number of oxazole rings is 1. The molecule has 1 aliphatic heterocycles. The fourth-order valence-corrected chi connectivity index (χ4v) is 2.84. The molecule has 25 heavy (non-hydrogen) atoms. The average molecular weight is 337 g/mol. The Labute approximate surface area is 145 Å². The van der Waals surface area contributed by atoms with E-state index in [2.05, 4.69) is 20.6 Å². The molecule has 0 saturated carbocycles. The van der Waals surface area contributed by atoms with Crippen LogP contribution in [0.3, 0.4) is 0 Å². The molecule has 0 atom stereocenters. The number of hydrogen-bond acceptors (Lipinski definition) is 5. The molecule has 1 aromatic carbocycles. The van der Waals surface area contributed by atoms with Crippen LogP contribution in [0.5, 0.6) is 0 Å². The third-order valence-electron chi connectivity index (χ3n) is 4.15. The molecule has 0 radical (unpaired) electrons. The highest BCUT2D eigenvalue weighted by Gasteiger charge is 2.16. The van der Waals surface area contributed by atoms with Crippen LogP contribution >= 0.6 is 0 Å². The van der Waals surface area contributed by atoms with Crippen LogP contribution < -0.4 is 10.6 Å².